The zero-order chi connectivity index (χ0) is 7.98. The van der Waals surface area contributed by atoms with E-state index < -0.39 is 0 Å². The maximum atomic E-state index is 8.38. The topological polar surface area (TPSA) is 17.1 Å². The van der Waals surface area contributed by atoms with Crippen molar-refractivity contribution < 1.29 is 21.8 Å². The Kier molecular flexibility index (Phi) is 5.24. The van der Waals surface area contributed by atoms with Crippen LogP contribution in [0.25, 0.3) is 0 Å². The summed E-state index contributed by atoms with van der Waals surface area (Å²) in [5, 5.41) is 0. The SMILES string of the molecule is Cc1ccccc1C.[O]=[Zn]. The van der Waals surface area contributed by atoms with Gasteiger partial charge in [-0.3, -0.25) is 0 Å². The molecular formula is C8H10OZn. The summed E-state index contributed by atoms with van der Waals surface area (Å²) in [6.45, 7) is 4.24. The molecule has 0 spiro atoms. The third-order valence-electron chi connectivity index (χ3n) is 1.43. The molecule has 0 aliphatic heterocycles. The van der Waals surface area contributed by atoms with Crippen LogP contribution in [0.4, 0.5) is 0 Å². The van der Waals surface area contributed by atoms with Crippen LogP contribution in [0.15, 0.2) is 24.3 Å². The van der Waals surface area contributed by atoms with Gasteiger partial charge in [0.25, 0.3) is 0 Å². The van der Waals surface area contributed by atoms with Crippen molar-refractivity contribution in [3.63, 3.8) is 0 Å². The van der Waals surface area contributed by atoms with Crippen molar-refractivity contribution in [2.75, 3.05) is 0 Å². The Morgan fingerprint density at radius 2 is 1.30 bits per heavy atom. The number of hydrogen-bond acceptors (Lipinski definition) is 1. The molecule has 50 valence electrons. The summed E-state index contributed by atoms with van der Waals surface area (Å²) in [7, 11) is 0. The van der Waals surface area contributed by atoms with Crippen LogP contribution in [0.5, 0.6) is 0 Å². The molecule has 1 rings (SSSR count). The average Bonchev–Trinajstić information content (AvgIpc) is 2.00. The second-order valence-electron chi connectivity index (χ2n) is 2.08. The van der Waals surface area contributed by atoms with Gasteiger partial charge in [-0.25, -0.2) is 0 Å². The number of benzene rings is 1. The van der Waals surface area contributed by atoms with E-state index in [1.54, 1.807) is 0 Å². The Balaban J connectivity index is 0.000000371. The molecule has 0 N–H and O–H groups in total. The van der Waals surface area contributed by atoms with Gasteiger partial charge >= 0.3 is 21.8 Å². The molecule has 0 radical (unpaired) electrons. The maximum absolute atomic E-state index is 8.38. The summed E-state index contributed by atoms with van der Waals surface area (Å²) in [5.41, 5.74) is 2.74. The summed E-state index contributed by atoms with van der Waals surface area (Å²) in [5.74, 6) is 0. The first-order valence-corrected chi connectivity index (χ1v) is 4.33. The fourth-order valence-corrected chi connectivity index (χ4v) is 0.663. The molecule has 0 saturated carbocycles. The number of rotatable bonds is 0. The van der Waals surface area contributed by atoms with Crippen LogP contribution in [0.3, 0.4) is 0 Å². The van der Waals surface area contributed by atoms with E-state index in [0.717, 1.165) is 0 Å². The molecule has 0 bridgehead atoms. The van der Waals surface area contributed by atoms with E-state index in [9.17, 15) is 0 Å². The molecule has 1 nitrogen and oxygen atoms in total. The Bertz CT molecular complexity index is 177. The van der Waals surface area contributed by atoms with Crippen LogP contribution in [-0.4, -0.2) is 0 Å². The van der Waals surface area contributed by atoms with Gasteiger partial charge in [0.1, 0.15) is 0 Å². The monoisotopic (exact) mass is 186 g/mol. The minimum atomic E-state index is 0.125. The minimum absolute atomic E-state index is 0.125. The summed E-state index contributed by atoms with van der Waals surface area (Å²) in [6, 6.07) is 8.36. The first-order chi connectivity index (χ1) is 4.80. The Morgan fingerprint density at radius 3 is 1.50 bits per heavy atom. The normalized spacial score (nSPS) is 8.00. The van der Waals surface area contributed by atoms with Gasteiger partial charge in [0, 0.05) is 0 Å². The molecule has 0 fully saturated rings. The summed E-state index contributed by atoms with van der Waals surface area (Å²) in [4.78, 5) is 0. The second kappa shape index (κ2) is 5.43. The molecule has 0 aliphatic rings. The van der Waals surface area contributed by atoms with Gasteiger partial charge in [0.15, 0.2) is 0 Å². The van der Waals surface area contributed by atoms with E-state index in [0.29, 0.717) is 0 Å². The standard InChI is InChI=1S/C8H10.O.Zn/c1-7-5-3-4-6-8(7)2;;/h3-6H,1-2H3;;. The third-order valence-corrected chi connectivity index (χ3v) is 1.43. The summed E-state index contributed by atoms with van der Waals surface area (Å²) >= 11 is 0.125. The molecular weight excluding hydrogens is 177 g/mol. The molecule has 1 aromatic rings. The fourth-order valence-electron chi connectivity index (χ4n) is 0.663. The van der Waals surface area contributed by atoms with E-state index >= 15 is 0 Å². The van der Waals surface area contributed by atoms with Crippen molar-refractivity contribution in [3.8, 4) is 0 Å². The Labute approximate surface area is 71.4 Å². The van der Waals surface area contributed by atoms with E-state index in [1.807, 2.05) is 0 Å². The van der Waals surface area contributed by atoms with Gasteiger partial charge in [0.05, 0.1) is 0 Å². The fraction of sp³-hybridized carbons (Fsp3) is 0.250. The van der Waals surface area contributed by atoms with Crippen LogP contribution in [0, 0.1) is 13.8 Å². The van der Waals surface area contributed by atoms with Gasteiger partial charge in [0.2, 0.25) is 0 Å². The summed E-state index contributed by atoms with van der Waals surface area (Å²) in [6.07, 6.45) is 0. The van der Waals surface area contributed by atoms with E-state index in [1.165, 1.54) is 11.1 Å². The van der Waals surface area contributed by atoms with Gasteiger partial charge in [-0.15, -0.1) is 0 Å². The Hall–Kier alpha value is -0.357. The van der Waals surface area contributed by atoms with E-state index in [2.05, 4.69) is 38.1 Å². The average molecular weight is 188 g/mol. The van der Waals surface area contributed by atoms with Gasteiger partial charge < -0.3 is 0 Å². The van der Waals surface area contributed by atoms with Crippen molar-refractivity contribution >= 4 is 0 Å². The molecule has 0 aromatic heterocycles. The number of hydrogen-bond donors (Lipinski definition) is 0. The van der Waals surface area contributed by atoms with Crippen molar-refractivity contribution in [2.24, 2.45) is 0 Å². The van der Waals surface area contributed by atoms with E-state index in [-0.39, 0.29) is 18.3 Å². The van der Waals surface area contributed by atoms with Crippen LogP contribution < -0.4 is 0 Å². The molecule has 2 heteroatoms. The number of aryl methyl sites for hydroxylation is 2. The Morgan fingerprint density at radius 1 is 1.00 bits per heavy atom. The van der Waals surface area contributed by atoms with Crippen LogP contribution in [-0.2, 0) is 21.8 Å². The predicted molar refractivity (Wildman–Crippen MR) is 36.6 cm³/mol. The van der Waals surface area contributed by atoms with Crippen LogP contribution in [0.1, 0.15) is 11.1 Å². The molecule has 0 aliphatic carbocycles. The molecule has 1 aromatic carbocycles. The van der Waals surface area contributed by atoms with E-state index in [4.69, 9.17) is 3.57 Å². The first kappa shape index (κ1) is 9.64. The molecule has 0 amide bonds. The van der Waals surface area contributed by atoms with Crippen LogP contribution in [0.2, 0.25) is 0 Å². The molecule has 0 saturated heterocycles. The van der Waals surface area contributed by atoms with Crippen molar-refractivity contribution in [2.45, 2.75) is 13.8 Å². The zero-order valence-corrected chi connectivity index (χ0v) is 9.39. The second-order valence-corrected chi connectivity index (χ2v) is 2.08. The molecule has 0 heterocycles. The quantitative estimate of drug-likeness (QED) is 0.569. The molecule has 0 atom stereocenters. The van der Waals surface area contributed by atoms with Crippen molar-refractivity contribution in [1.29, 1.82) is 0 Å². The first-order valence-electron chi connectivity index (χ1n) is 3.12. The predicted octanol–water partition coefficient (Wildman–Crippen LogP) is 2.18. The zero-order valence-electron chi connectivity index (χ0n) is 6.42. The summed E-state index contributed by atoms with van der Waals surface area (Å²) < 4.78 is 8.38. The van der Waals surface area contributed by atoms with Crippen molar-refractivity contribution in [3.05, 3.63) is 35.4 Å². The van der Waals surface area contributed by atoms with Gasteiger partial charge in [-0.1, -0.05) is 24.3 Å². The van der Waals surface area contributed by atoms with Gasteiger partial charge in [-0.05, 0) is 25.0 Å². The molecule has 0 unspecified atom stereocenters. The van der Waals surface area contributed by atoms with Gasteiger partial charge in [-0.2, -0.15) is 0 Å². The van der Waals surface area contributed by atoms with Crippen molar-refractivity contribution in [1.82, 2.24) is 0 Å². The molecule has 10 heavy (non-hydrogen) atoms. The van der Waals surface area contributed by atoms with Crippen LogP contribution >= 0.6 is 0 Å². The third kappa shape index (κ3) is 2.98.